The van der Waals surface area contributed by atoms with Crippen LogP contribution in [-0.2, 0) is 6.54 Å². The van der Waals surface area contributed by atoms with Crippen LogP contribution in [-0.4, -0.2) is 30.1 Å². The molecule has 0 amide bonds. The van der Waals surface area contributed by atoms with Crippen LogP contribution in [0.15, 0.2) is 24.3 Å². The van der Waals surface area contributed by atoms with Gasteiger partial charge in [0, 0.05) is 18.6 Å². The lowest BCUT2D eigenvalue weighted by molar-refractivity contribution is 0.166. The van der Waals surface area contributed by atoms with Crippen LogP contribution in [0.4, 0.5) is 0 Å². The minimum atomic E-state index is 0.726. The zero-order valence-electron chi connectivity index (χ0n) is 11.4. The van der Waals surface area contributed by atoms with Crippen LogP contribution in [0, 0.1) is 6.92 Å². The smallest absolute Gasteiger partial charge is 0.0210 e. The highest BCUT2D eigenvalue weighted by Crippen LogP contribution is 2.27. The Bertz CT molecular complexity index is 402. The lowest BCUT2D eigenvalue weighted by Gasteiger charge is -2.35. The summed E-state index contributed by atoms with van der Waals surface area (Å²) in [6.45, 7) is 5.88. The van der Waals surface area contributed by atoms with Gasteiger partial charge in [0.15, 0.2) is 0 Å². The maximum Gasteiger partial charge on any atom is 0.0210 e. The first kappa shape index (κ1) is 12.2. The van der Waals surface area contributed by atoms with Crippen molar-refractivity contribution in [3.05, 3.63) is 35.4 Å². The zero-order chi connectivity index (χ0) is 12.4. The summed E-state index contributed by atoms with van der Waals surface area (Å²) >= 11 is 0. The second-order valence-electron chi connectivity index (χ2n) is 5.86. The summed E-state index contributed by atoms with van der Waals surface area (Å²) in [6, 6.07) is 10.3. The fourth-order valence-corrected chi connectivity index (χ4v) is 3.47. The topological polar surface area (TPSA) is 15.3 Å². The predicted molar refractivity (Wildman–Crippen MR) is 75.6 cm³/mol. The molecule has 2 heterocycles. The van der Waals surface area contributed by atoms with E-state index in [1.54, 1.807) is 0 Å². The van der Waals surface area contributed by atoms with Gasteiger partial charge in [0.2, 0.25) is 0 Å². The van der Waals surface area contributed by atoms with Gasteiger partial charge in [-0.2, -0.15) is 0 Å². The van der Waals surface area contributed by atoms with Crippen molar-refractivity contribution in [2.24, 2.45) is 0 Å². The van der Waals surface area contributed by atoms with Crippen LogP contribution in [0.3, 0.4) is 0 Å². The SMILES string of the molecule is Cc1ccccc1CNC1CCN2CCCC2C1. The molecule has 1 N–H and O–H groups in total. The fraction of sp³-hybridized carbons (Fsp3) is 0.625. The van der Waals surface area contributed by atoms with Crippen LogP contribution < -0.4 is 5.32 Å². The number of aryl methyl sites for hydroxylation is 1. The average molecular weight is 244 g/mol. The van der Waals surface area contributed by atoms with Crippen molar-refractivity contribution in [2.75, 3.05) is 13.1 Å². The Labute approximate surface area is 110 Å². The highest BCUT2D eigenvalue weighted by Gasteiger charge is 2.31. The van der Waals surface area contributed by atoms with Gasteiger partial charge in [0.05, 0.1) is 0 Å². The monoisotopic (exact) mass is 244 g/mol. The molecule has 0 aliphatic carbocycles. The van der Waals surface area contributed by atoms with Gasteiger partial charge < -0.3 is 10.2 Å². The van der Waals surface area contributed by atoms with Crippen molar-refractivity contribution in [2.45, 2.75) is 51.2 Å². The summed E-state index contributed by atoms with van der Waals surface area (Å²) in [5.41, 5.74) is 2.86. The van der Waals surface area contributed by atoms with Crippen LogP contribution in [0.1, 0.15) is 36.8 Å². The molecule has 3 rings (SSSR count). The molecule has 0 radical (unpaired) electrons. The summed E-state index contributed by atoms with van der Waals surface area (Å²) in [6.07, 6.45) is 5.51. The molecule has 18 heavy (non-hydrogen) atoms. The molecule has 2 heteroatoms. The van der Waals surface area contributed by atoms with E-state index in [1.807, 2.05) is 0 Å². The van der Waals surface area contributed by atoms with E-state index in [9.17, 15) is 0 Å². The number of piperidine rings is 1. The molecule has 0 spiro atoms. The van der Waals surface area contributed by atoms with Crippen molar-refractivity contribution in [3.63, 3.8) is 0 Å². The van der Waals surface area contributed by atoms with Gasteiger partial charge >= 0.3 is 0 Å². The van der Waals surface area contributed by atoms with Crippen LogP contribution in [0.25, 0.3) is 0 Å². The predicted octanol–water partition coefficient (Wildman–Crippen LogP) is 2.71. The third kappa shape index (κ3) is 2.60. The van der Waals surface area contributed by atoms with E-state index in [1.165, 1.54) is 49.9 Å². The van der Waals surface area contributed by atoms with Crippen LogP contribution >= 0.6 is 0 Å². The largest absolute Gasteiger partial charge is 0.310 e. The molecular formula is C16H24N2. The van der Waals surface area contributed by atoms with E-state index in [0.29, 0.717) is 0 Å². The Balaban J connectivity index is 1.53. The highest BCUT2D eigenvalue weighted by molar-refractivity contribution is 5.25. The van der Waals surface area contributed by atoms with E-state index in [-0.39, 0.29) is 0 Å². The highest BCUT2D eigenvalue weighted by atomic mass is 15.2. The van der Waals surface area contributed by atoms with Crippen molar-refractivity contribution in [3.8, 4) is 0 Å². The van der Waals surface area contributed by atoms with Gasteiger partial charge in [-0.1, -0.05) is 24.3 Å². The Morgan fingerprint density at radius 3 is 3.00 bits per heavy atom. The molecule has 0 aromatic heterocycles. The van der Waals surface area contributed by atoms with Gasteiger partial charge in [0.1, 0.15) is 0 Å². The number of nitrogens with one attached hydrogen (secondary N) is 1. The fourth-order valence-electron chi connectivity index (χ4n) is 3.47. The molecule has 1 aromatic rings. The number of benzene rings is 1. The summed E-state index contributed by atoms with van der Waals surface area (Å²) in [4.78, 5) is 2.69. The summed E-state index contributed by atoms with van der Waals surface area (Å²) in [7, 11) is 0. The standard InChI is InChI=1S/C16H24N2/c1-13-5-2-3-6-14(13)12-17-15-8-10-18-9-4-7-16(18)11-15/h2-3,5-6,15-17H,4,7-12H2,1H3. The second kappa shape index (κ2) is 5.41. The maximum absolute atomic E-state index is 3.76. The van der Waals surface area contributed by atoms with E-state index in [0.717, 1.165) is 18.6 Å². The molecular weight excluding hydrogens is 220 g/mol. The molecule has 98 valence electrons. The maximum atomic E-state index is 3.76. The third-order valence-corrected chi connectivity index (χ3v) is 4.66. The lowest BCUT2D eigenvalue weighted by atomic mass is 9.97. The quantitative estimate of drug-likeness (QED) is 0.879. The first-order valence-electron chi connectivity index (χ1n) is 7.35. The Morgan fingerprint density at radius 1 is 1.22 bits per heavy atom. The third-order valence-electron chi connectivity index (χ3n) is 4.66. The van der Waals surface area contributed by atoms with Gasteiger partial charge in [-0.15, -0.1) is 0 Å². The normalized spacial score (nSPS) is 28.3. The average Bonchev–Trinajstić information content (AvgIpc) is 2.85. The van der Waals surface area contributed by atoms with E-state index >= 15 is 0 Å². The molecule has 2 nitrogen and oxygen atoms in total. The van der Waals surface area contributed by atoms with Crippen LogP contribution in [0.5, 0.6) is 0 Å². The molecule has 2 unspecified atom stereocenters. The van der Waals surface area contributed by atoms with Gasteiger partial charge in [-0.3, -0.25) is 0 Å². The molecule has 2 fully saturated rings. The molecule has 2 saturated heterocycles. The number of rotatable bonds is 3. The van der Waals surface area contributed by atoms with Gasteiger partial charge in [-0.05, 0) is 56.8 Å². The van der Waals surface area contributed by atoms with E-state index < -0.39 is 0 Å². The lowest BCUT2D eigenvalue weighted by Crippen LogP contribution is -2.45. The second-order valence-corrected chi connectivity index (χ2v) is 5.86. The summed E-state index contributed by atoms with van der Waals surface area (Å²) < 4.78 is 0. The molecule has 2 aliphatic heterocycles. The molecule has 1 aromatic carbocycles. The first-order valence-corrected chi connectivity index (χ1v) is 7.35. The van der Waals surface area contributed by atoms with E-state index in [2.05, 4.69) is 41.4 Å². The molecule has 0 saturated carbocycles. The number of hydrogen-bond donors (Lipinski definition) is 1. The minimum Gasteiger partial charge on any atom is -0.310 e. The van der Waals surface area contributed by atoms with Crippen molar-refractivity contribution in [1.29, 1.82) is 0 Å². The Morgan fingerprint density at radius 2 is 2.11 bits per heavy atom. The number of nitrogens with zero attached hydrogens (tertiary/aromatic N) is 1. The Kier molecular flexibility index (Phi) is 3.67. The molecule has 0 bridgehead atoms. The van der Waals surface area contributed by atoms with Gasteiger partial charge in [0.25, 0.3) is 0 Å². The van der Waals surface area contributed by atoms with Crippen molar-refractivity contribution >= 4 is 0 Å². The van der Waals surface area contributed by atoms with Crippen molar-refractivity contribution in [1.82, 2.24) is 10.2 Å². The van der Waals surface area contributed by atoms with E-state index in [4.69, 9.17) is 0 Å². The molecule has 2 atom stereocenters. The Hall–Kier alpha value is -0.860. The summed E-state index contributed by atoms with van der Waals surface area (Å²) in [5.74, 6) is 0. The minimum absolute atomic E-state index is 0.726. The molecule has 2 aliphatic rings. The van der Waals surface area contributed by atoms with Crippen LogP contribution in [0.2, 0.25) is 0 Å². The van der Waals surface area contributed by atoms with Gasteiger partial charge in [-0.25, -0.2) is 0 Å². The summed E-state index contributed by atoms with van der Waals surface area (Å²) in [5, 5.41) is 3.76. The first-order chi connectivity index (χ1) is 8.83. The number of fused-ring (bicyclic) bond motifs is 1. The zero-order valence-corrected chi connectivity index (χ0v) is 11.4. The van der Waals surface area contributed by atoms with Crippen molar-refractivity contribution < 1.29 is 0 Å². The number of hydrogen-bond acceptors (Lipinski definition) is 2.